The second kappa shape index (κ2) is 15.5. The minimum Gasteiger partial charge on any atom is -0.385 e. The van der Waals surface area contributed by atoms with Crippen molar-refractivity contribution in [2.24, 2.45) is 0 Å². The molecule has 188 valence electrons. The van der Waals surface area contributed by atoms with Crippen LogP contribution in [0.25, 0.3) is 0 Å². The van der Waals surface area contributed by atoms with E-state index >= 15 is 0 Å². The molecule has 1 atom stereocenters. The molecular weight excluding hydrogens is 454 g/mol. The molecule has 1 aliphatic rings. The maximum Gasteiger partial charge on any atom is 0.255 e. The predicted octanol–water partition coefficient (Wildman–Crippen LogP) is 1.85. The van der Waals surface area contributed by atoms with Gasteiger partial charge in [0.15, 0.2) is 6.29 Å². The lowest BCUT2D eigenvalue weighted by Crippen LogP contribution is -2.47. The summed E-state index contributed by atoms with van der Waals surface area (Å²) in [5.74, 6) is -0.790. The Hall–Kier alpha value is -2.43. The molecule has 1 saturated heterocycles. The van der Waals surface area contributed by atoms with E-state index in [9.17, 15) is 19.2 Å². The Kier molecular flexibility index (Phi) is 12.7. The second-order valence-electron chi connectivity index (χ2n) is 8.34. The summed E-state index contributed by atoms with van der Waals surface area (Å²) in [6.45, 7) is 3.97. The van der Waals surface area contributed by atoms with E-state index in [2.05, 4.69) is 20.7 Å². The lowest BCUT2D eigenvalue weighted by molar-refractivity contribution is -0.125. The van der Waals surface area contributed by atoms with Gasteiger partial charge in [0.25, 0.3) is 5.91 Å². The molecule has 0 spiro atoms. The van der Waals surface area contributed by atoms with Gasteiger partial charge in [0.1, 0.15) is 12.3 Å². The fraction of sp³-hybridized carbons (Fsp3) is 0.583. The Labute approximate surface area is 206 Å². The summed E-state index contributed by atoms with van der Waals surface area (Å²) in [5.41, 5.74) is 1.24. The van der Waals surface area contributed by atoms with E-state index in [4.69, 9.17) is 0 Å². The number of carbonyl (C=O) groups is 4. The SMILES string of the molecule is CNC(=O)C(CCC=O)N(C)C(=O)c1cc(NCCCCCCNSC2CNC2)ccc1C=O. The van der Waals surface area contributed by atoms with Gasteiger partial charge in [-0.25, -0.2) is 0 Å². The Morgan fingerprint density at radius 1 is 1.18 bits per heavy atom. The number of unbranched alkanes of at least 4 members (excludes halogenated alkanes) is 3. The zero-order valence-corrected chi connectivity index (χ0v) is 20.9. The Bertz CT molecular complexity index is 819. The van der Waals surface area contributed by atoms with E-state index in [0.717, 1.165) is 63.8 Å². The van der Waals surface area contributed by atoms with Gasteiger partial charge in [0.2, 0.25) is 5.91 Å². The summed E-state index contributed by atoms with van der Waals surface area (Å²) in [6.07, 6.45) is 6.13. The molecule has 9 nitrogen and oxygen atoms in total. The molecule has 4 N–H and O–H groups in total. The van der Waals surface area contributed by atoms with Crippen LogP contribution >= 0.6 is 11.9 Å². The van der Waals surface area contributed by atoms with E-state index < -0.39 is 11.9 Å². The number of amides is 2. The van der Waals surface area contributed by atoms with Gasteiger partial charge in [-0.2, -0.15) is 0 Å². The van der Waals surface area contributed by atoms with Gasteiger partial charge in [-0.15, -0.1) is 0 Å². The molecule has 0 radical (unpaired) electrons. The molecule has 34 heavy (non-hydrogen) atoms. The molecule has 0 aromatic heterocycles. The first-order valence-corrected chi connectivity index (χ1v) is 12.7. The molecule has 0 bridgehead atoms. The van der Waals surface area contributed by atoms with Gasteiger partial charge in [0, 0.05) is 63.2 Å². The normalized spacial score (nSPS) is 14.1. The molecule has 1 aliphatic heterocycles. The van der Waals surface area contributed by atoms with Crippen molar-refractivity contribution in [3.8, 4) is 0 Å². The molecule has 10 heteroatoms. The van der Waals surface area contributed by atoms with Crippen LogP contribution in [0.1, 0.15) is 59.2 Å². The van der Waals surface area contributed by atoms with Crippen molar-refractivity contribution in [3.63, 3.8) is 0 Å². The number of aldehydes is 2. The summed E-state index contributed by atoms with van der Waals surface area (Å²) in [4.78, 5) is 49.0. The quantitative estimate of drug-likeness (QED) is 0.148. The molecule has 2 amide bonds. The van der Waals surface area contributed by atoms with E-state index in [1.54, 1.807) is 18.2 Å². The van der Waals surface area contributed by atoms with Crippen molar-refractivity contribution in [1.29, 1.82) is 0 Å². The average molecular weight is 492 g/mol. The van der Waals surface area contributed by atoms with Crippen LogP contribution in [-0.2, 0) is 9.59 Å². The summed E-state index contributed by atoms with van der Waals surface area (Å²) in [6, 6.07) is 4.24. The van der Waals surface area contributed by atoms with E-state index in [-0.39, 0.29) is 29.9 Å². The maximum absolute atomic E-state index is 13.1. The Morgan fingerprint density at radius 2 is 1.91 bits per heavy atom. The minimum absolute atomic E-state index is 0.157. The van der Waals surface area contributed by atoms with Gasteiger partial charge in [-0.1, -0.05) is 24.8 Å². The van der Waals surface area contributed by atoms with Crippen molar-refractivity contribution in [2.75, 3.05) is 45.6 Å². The van der Waals surface area contributed by atoms with E-state index in [0.29, 0.717) is 11.5 Å². The maximum atomic E-state index is 13.1. The van der Waals surface area contributed by atoms with Crippen LogP contribution in [0.15, 0.2) is 18.2 Å². The molecule has 0 saturated carbocycles. The number of hydrogen-bond donors (Lipinski definition) is 4. The number of benzene rings is 1. The molecule has 1 aromatic rings. The Balaban J connectivity index is 1.83. The van der Waals surface area contributed by atoms with Crippen LogP contribution in [-0.4, -0.2) is 80.9 Å². The van der Waals surface area contributed by atoms with Crippen molar-refractivity contribution >= 4 is 42.0 Å². The first-order chi connectivity index (χ1) is 16.5. The number of nitrogens with one attached hydrogen (secondary N) is 4. The standard InChI is InChI=1S/C24H37N5O4S/c1-25-23(32)22(8-7-13-30)29(2)24(33)21-14-19(10-9-18(21)17-31)27-11-5-3-4-6-12-28-34-20-15-26-16-20/h9-10,13-14,17,20,22,26-28H,3-8,11-12,15-16H2,1-2H3,(H,25,32). The lowest BCUT2D eigenvalue weighted by atomic mass is 10.0. The van der Waals surface area contributed by atoms with Gasteiger partial charge in [-0.3, -0.25) is 19.1 Å². The molecule has 1 heterocycles. The number of nitrogens with zero attached hydrogens (tertiary/aromatic N) is 1. The Morgan fingerprint density at radius 3 is 2.53 bits per heavy atom. The van der Waals surface area contributed by atoms with Crippen molar-refractivity contribution < 1.29 is 19.2 Å². The molecule has 1 aromatic carbocycles. The van der Waals surface area contributed by atoms with Gasteiger partial charge in [-0.05, 0) is 37.5 Å². The highest BCUT2D eigenvalue weighted by atomic mass is 32.2. The summed E-state index contributed by atoms with van der Waals surface area (Å²) in [5, 5.41) is 9.81. The summed E-state index contributed by atoms with van der Waals surface area (Å²) >= 11 is 1.83. The smallest absolute Gasteiger partial charge is 0.255 e. The fourth-order valence-electron chi connectivity index (χ4n) is 3.61. The molecular formula is C24H37N5O4S. The molecule has 1 fully saturated rings. The van der Waals surface area contributed by atoms with Crippen molar-refractivity contribution in [2.45, 2.75) is 49.8 Å². The topological polar surface area (TPSA) is 120 Å². The number of carbonyl (C=O) groups excluding carboxylic acids is 4. The predicted molar refractivity (Wildman–Crippen MR) is 136 cm³/mol. The van der Waals surface area contributed by atoms with Gasteiger partial charge in [0.05, 0.1) is 5.56 Å². The van der Waals surface area contributed by atoms with Gasteiger partial charge >= 0.3 is 0 Å². The van der Waals surface area contributed by atoms with Crippen molar-refractivity contribution in [1.82, 2.24) is 20.3 Å². The number of rotatable bonds is 17. The van der Waals surface area contributed by atoms with E-state index in [1.165, 1.54) is 19.0 Å². The monoisotopic (exact) mass is 491 g/mol. The highest BCUT2D eigenvalue weighted by molar-refractivity contribution is 7.98. The van der Waals surface area contributed by atoms with Crippen molar-refractivity contribution in [3.05, 3.63) is 29.3 Å². The average Bonchev–Trinajstić information content (AvgIpc) is 2.83. The highest BCUT2D eigenvalue weighted by Crippen LogP contribution is 2.19. The number of likely N-dealkylation sites (N-methyl/N-ethyl adjacent to an activating group) is 2. The third-order valence-electron chi connectivity index (χ3n) is 5.83. The molecule has 1 unspecified atom stereocenters. The third-order valence-corrected chi connectivity index (χ3v) is 6.87. The first kappa shape index (κ1) is 27.8. The molecule has 0 aliphatic carbocycles. The minimum atomic E-state index is -0.794. The summed E-state index contributed by atoms with van der Waals surface area (Å²) in [7, 11) is 3.00. The molecule has 2 rings (SSSR count). The lowest BCUT2D eigenvalue weighted by Gasteiger charge is -2.27. The highest BCUT2D eigenvalue weighted by Gasteiger charge is 2.28. The first-order valence-electron chi connectivity index (χ1n) is 11.9. The fourth-order valence-corrected chi connectivity index (χ4v) is 4.51. The zero-order valence-electron chi connectivity index (χ0n) is 20.1. The van der Waals surface area contributed by atoms with E-state index in [1.807, 2.05) is 11.9 Å². The van der Waals surface area contributed by atoms with Crippen LogP contribution in [0.3, 0.4) is 0 Å². The van der Waals surface area contributed by atoms with Crippen LogP contribution in [0.5, 0.6) is 0 Å². The van der Waals surface area contributed by atoms with Crippen LogP contribution in [0.4, 0.5) is 5.69 Å². The van der Waals surface area contributed by atoms with Crippen LogP contribution < -0.4 is 20.7 Å². The van der Waals surface area contributed by atoms with Crippen LogP contribution in [0, 0.1) is 0 Å². The van der Waals surface area contributed by atoms with Crippen LogP contribution in [0.2, 0.25) is 0 Å². The number of anilines is 1. The third kappa shape index (κ3) is 8.73. The second-order valence-corrected chi connectivity index (χ2v) is 9.53. The van der Waals surface area contributed by atoms with Gasteiger partial charge < -0.3 is 25.6 Å². The zero-order chi connectivity index (χ0) is 24.8. The number of hydrogen-bond acceptors (Lipinski definition) is 8. The summed E-state index contributed by atoms with van der Waals surface area (Å²) < 4.78 is 3.42. The largest absolute Gasteiger partial charge is 0.385 e.